The Balaban J connectivity index is 1.65. The summed E-state index contributed by atoms with van der Waals surface area (Å²) < 4.78 is 0. The lowest BCUT2D eigenvalue weighted by molar-refractivity contribution is -0.129. The van der Waals surface area contributed by atoms with Gasteiger partial charge in [-0.3, -0.25) is 4.79 Å². The molecule has 0 aromatic heterocycles. The van der Waals surface area contributed by atoms with Gasteiger partial charge in [-0.05, 0) is 44.7 Å². The molecular formula is C14H26N2OS. The van der Waals surface area contributed by atoms with Crippen molar-refractivity contribution in [1.82, 2.24) is 10.2 Å². The number of carbonyl (C=O) groups excluding carboxylic acids is 1. The molecule has 0 atom stereocenters. The molecular weight excluding hydrogens is 244 g/mol. The number of nitrogens with one attached hydrogen (secondary N) is 1. The highest BCUT2D eigenvalue weighted by atomic mass is 32.2. The molecule has 0 aliphatic carbocycles. The Morgan fingerprint density at radius 1 is 1.22 bits per heavy atom. The van der Waals surface area contributed by atoms with Crippen LogP contribution in [0.15, 0.2) is 0 Å². The van der Waals surface area contributed by atoms with Crippen LogP contribution in [0, 0.1) is 5.92 Å². The zero-order chi connectivity index (χ0) is 12.8. The number of carbonyl (C=O) groups is 1. The standard InChI is InChI=1S/C14H26N2OS/c1-2-12-5-9-16(10-6-12)14(17)11-18-13-3-7-15-8-4-13/h12-13,15H,2-11H2,1H3. The quantitative estimate of drug-likeness (QED) is 0.849. The van der Waals surface area contributed by atoms with Gasteiger partial charge in [0.05, 0.1) is 5.75 Å². The molecule has 3 nitrogen and oxygen atoms in total. The van der Waals surface area contributed by atoms with Gasteiger partial charge in [0.2, 0.25) is 5.91 Å². The summed E-state index contributed by atoms with van der Waals surface area (Å²) in [6, 6.07) is 0. The average Bonchev–Trinajstić information content (AvgIpc) is 2.46. The molecule has 2 aliphatic rings. The highest BCUT2D eigenvalue weighted by Crippen LogP contribution is 2.23. The zero-order valence-electron chi connectivity index (χ0n) is 11.5. The molecule has 0 aromatic rings. The molecule has 0 spiro atoms. The van der Waals surface area contributed by atoms with Crippen molar-refractivity contribution in [3.63, 3.8) is 0 Å². The topological polar surface area (TPSA) is 32.3 Å². The van der Waals surface area contributed by atoms with E-state index in [1.54, 1.807) is 0 Å². The number of likely N-dealkylation sites (tertiary alicyclic amines) is 1. The fourth-order valence-electron chi connectivity index (χ4n) is 2.83. The summed E-state index contributed by atoms with van der Waals surface area (Å²) in [5.41, 5.74) is 0. The van der Waals surface area contributed by atoms with Gasteiger partial charge in [-0.2, -0.15) is 0 Å². The minimum Gasteiger partial charge on any atom is -0.342 e. The molecule has 0 radical (unpaired) electrons. The molecule has 1 N–H and O–H groups in total. The third kappa shape index (κ3) is 4.16. The number of thioether (sulfide) groups is 1. The van der Waals surface area contributed by atoms with Gasteiger partial charge < -0.3 is 10.2 Å². The second-order valence-electron chi connectivity index (χ2n) is 5.49. The van der Waals surface area contributed by atoms with E-state index in [-0.39, 0.29) is 0 Å². The van der Waals surface area contributed by atoms with E-state index in [4.69, 9.17) is 0 Å². The van der Waals surface area contributed by atoms with Crippen molar-refractivity contribution in [2.24, 2.45) is 5.92 Å². The summed E-state index contributed by atoms with van der Waals surface area (Å²) in [4.78, 5) is 14.2. The first-order valence-electron chi connectivity index (χ1n) is 7.39. The lowest BCUT2D eigenvalue weighted by Crippen LogP contribution is -2.40. The number of rotatable bonds is 4. The van der Waals surface area contributed by atoms with Gasteiger partial charge in [0.15, 0.2) is 0 Å². The summed E-state index contributed by atoms with van der Waals surface area (Å²) in [6.45, 7) is 6.48. The molecule has 104 valence electrons. The number of amides is 1. The van der Waals surface area contributed by atoms with Gasteiger partial charge in [-0.1, -0.05) is 13.3 Å². The van der Waals surface area contributed by atoms with Crippen molar-refractivity contribution in [2.75, 3.05) is 31.9 Å². The van der Waals surface area contributed by atoms with E-state index in [0.717, 1.165) is 32.1 Å². The first-order valence-corrected chi connectivity index (χ1v) is 8.44. The molecule has 1 amide bonds. The maximum Gasteiger partial charge on any atom is 0.232 e. The first-order chi connectivity index (χ1) is 8.79. The van der Waals surface area contributed by atoms with E-state index in [2.05, 4.69) is 17.1 Å². The molecule has 0 unspecified atom stereocenters. The maximum atomic E-state index is 12.1. The predicted octanol–water partition coefficient (Wildman–Crippen LogP) is 2.12. The Labute approximate surface area is 115 Å². The largest absolute Gasteiger partial charge is 0.342 e. The van der Waals surface area contributed by atoms with Crippen LogP contribution < -0.4 is 5.32 Å². The van der Waals surface area contributed by atoms with Gasteiger partial charge in [-0.15, -0.1) is 11.8 Å². The van der Waals surface area contributed by atoms with E-state index >= 15 is 0 Å². The van der Waals surface area contributed by atoms with E-state index in [0.29, 0.717) is 16.9 Å². The molecule has 4 heteroatoms. The Morgan fingerprint density at radius 2 is 1.89 bits per heavy atom. The normalized spacial score (nSPS) is 23.3. The molecule has 2 rings (SSSR count). The second kappa shape index (κ2) is 7.39. The zero-order valence-corrected chi connectivity index (χ0v) is 12.3. The molecule has 18 heavy (non-hydrogen) atoms. The van der Waals surface area contributed by atoms with Gasteiger partial charge in [0.1, 0.15) is 0 Å². The van der Waals surface area contributed by atoms with Crippen molar-refractivity contribution < 1.29 is 4.79 Å². The van der Waals surface area contributed by atoms with Crippen molar-refractivity contribution in [2.45, 2.75) is 44.3 Å². The molecule has 2 aliphatic heterocycles. The van der Waals surface area contributed by atoms with Crippen LogP contribution >= 0.6 is 11.8 Å². The molecule has 2 heterocycles. The minimum atomic E-state index is 0.369. The fourth-order valence-corrected chi connectivity index (χ4v) is 3.96. The maximum absolute atomic E-state index is 12.1. The van der Waals surface area contributed by atoms with Crippen LogP contribution in [0.3, 0.4) is 0 Å². The first kappa shape index (κ1) is 14.2. The highest BCUT2D eigenvalue weighted by Gasteiger charge is 2.22. The molecule has 0 aromatic carbocycles. The predicted molar refractivity (Wildman–Crippen MR) is 77.9 cm³/mol. The van der Waals surface area contributed by atoms with E-state index in [1.165, 1.54) is 32.1 Å². The third-order valence-electron chi connectivity index (χ3n) is 4.27. The van der Waals surface area contributed by atoms with E-state index < -0.39 is 0 Å². The molecule has 0 bridgehead atoms. The summed E-state index contributed by atoms with van der Waals surface area (Å²) in [6.07, 6.45) is 6.12. The van der Waals surface area contributed by atoms with Crippen molar-refractivity contribution in [3.05, 3.63) is 0 Å². The summed E-state index contributed by atoms with van der Waals surface area (Å²) in [5, 5.41) is 4.07. The van der Waals surface area contributed by atoms with Crippen LogP contribution in [0.4, 0.5) is 0 Å². The van der Waals surface area contributed by atoms with Gasteiger partial charge >= 0.3 is 0 Å². The number of piperidine rings is 2. The van der Waals surface area contributed by atoms with Crippen LogP contribution in [0.5, 0.6) is 0 Å². The van der Waals surface area contributed by atoms with Crippen molar-refractivity contribution in [3.8, 4) is 0 Å². The Morgan fingerprint density at radius 3 is 2.50 bits per heavy atom. The van der Waals surface area contributed by atoms with Crippen LogP contribution in [0.1, 0.15) is 39.0 Å². The van der Waals surface area contributed by atoms with Crippen molar-refractivity contribution >= 4 is 17.7 Å². The second-order valence-corrected chi connectivity index (χ2v) is 6.78. The lowest BCUT2D eigenvalue weighted by atomic mass is 9.94. The third-order valence-corrected chi connectivity index (χ3v) is 5.63. The smallest absolute Gasteiger partial charge is 0.232 e. The molecule has 0 saturated carbocycles. The SMILES string of the molecule is CCC1CCN(C(=O)CSC2CCNCC2)CC1. The van der Waals surface area contributed by atoms with Gasteiger partial charge in [0.25, 0.3) is 0 Å². The van der Waals surface area contributed by atoms with Crippen LogP contribution in [0.2, 0.25) is 0 Å². The fraction of sp³-hybridized carbons (Fsp3) is 0.929. The minimum absolute atomic E-state index is 0.369. The van der Waals surface area contributed by atoms with E-state index in [9.17, 15) is 4.79 Å². The van der Waals surface area contributed by atoms with E-state index in [1.807, 2.05) is 11.8 Å². The Bertz CT molecular complexity index is 259. The van der Waals surface area contributed by atoms with Gasteiger partial charge in [0, 0.05) is 18.3 Å². The Hall–Kier alpha value is -0.220. The Kier molecular flexibility index (Phi) is 5.83. The number of hydrogen-bond acceptors (Lipinski definition) is 3. The summed E-state index contributed by atoms with van der Waals surface area (Å²) in [5.74, 6) is 1.92. The monoisotopic (exact) mass is 270 g/mol. The average molecular weight is 270 g/mol. The van der Waals surface area contributed by atoms with Gasteiger partial charge in [-0.25, -0.2) is 0 Å². The number of nitrogens with zero attached hydrogens (tertiary/aromatic N) is 1. The summed E-state index contributed by atoms with van der Waals surface area (Å²) in [7, 11) is 0. The van der Waals surface area contributed by atoms with Crippen LogP contribution in [-0.4, -0.2) is 48.0 Å². The summed E-state index contributed by atoms with van der Waals surface area (Å²) >= 11 is 1.87. The van der Waals surface area contributed by atoms with Crippen LogP contribution in [0.25, 0.3) is 0 Å². The molecule has 2 fully saturated rings. The highest BCUT2D eigenvalue weighted by molar-refractivity contribution is 8.00. The van der Waals surface area contributed by atoms with Crippen molar-refractivity contribution in [1.29, 1.82) is 0 Å². The van der Waals surface area contributed by atoms with Crippen LogP contribution in [-0.2, 0) is 4.79 Å². The number of hydrogen-bond donors (Lipinski definition) is 1. The molecule has 2 saturated heterocycles. The lowest BCUT2D eigenvalue weighted by Gasteiger charge is -2.32.